The number of para-hydroxylation sites is 1. The quantitative estimate of drug-likeness (QED) is 0.0335. The molecule has 2 fully saturated rings. The lowest BCUT2D eigenvalue weighted by Gasteiger charge is -2.36. The Kier molecular flexibility index (Phi) is 15.9. The summed E-state index contributed by atoms with van der Waals surface area (Å²) in [5.41, 5.74) is 4.02. The fourth-order valence-electron chi connectivity index (χ4n) is 8.48. The first-order valence-corrected chi connectivity index (χ1v) is 26.2. The lowest BCUT2D eigenvalue weighted by molar-refractivity contribution is -0.137. The van der Waals surface area contributed by atoms with Crippen LogP contribution in [0, 0.1) is 0 Å². The number of imide groups is 1. The van der Waals surface area contributed by atoms with Crippen molar-refractivity contribution < 1.29 is 28.5 Å². The fraction of sp³-hybridized carbons (Fsp3) is 0.447. The normalized spacial score (nSPS) is 16.5. The summed E-state index contributed by atoms with van der Waals surface area (Å²) in [6.07, 6.45) is 11.6. The average molecular weight is 930 g/mol. The number of piperazine rings is 1. The number of hydrogen-bond acceptors (Lipinski definition) is 12. The van der Waals surface area contributed by atoms with Crippen LogP contribution in [0.3, 0.4) is 0 Å². The minimum atomic E-state index is -2.56. The molecule has 4 aromatic rings. The number of nitrogens with zero attached hydrogens (tertiary/aromatic N) is 5. The predicted octanol–water partition coefficient (Wildman–Crippen LogP) is 8.59. The molecule has 340 valence electrons. The lowest BCUT2D eigenvalue weighted by Crippen LogP contribution is -2.52. The Hall–Kier alpha value is -5.11. The zero-order valence-electron chi connectivity index (χ0n) is 36.9. The molecular formula is C47H58ClN8O6PS. The minimum absolute atomic E-state index is 0.131. The third-order valence-corrected chi connectivity index (χ3v) is 15.0. The summed E-state index contributed by atoms with van der Waals surface area (Å²) in [6.45, 7) is 6.67. The number of unbranched alkanes of at least 4 members (excludes halogenated alkanes) is 7. The van der Waals surface area contributed by atoms with Crippen molar-refractivity contribution in [3.63, 3.8) is 0 Å². The van der Waals surface area contributed by atoms with Gasteiger partial charge in [0.05, 0.1) is 24.7 Å². The fourth-order valence-corrected chi connectivity index (χ4v) is 10.9. The molecule has 1 aromatic heterocycles. The number of nitrogens with one attached hydrogen (secondary N) is 3. The van der Waals surface area contributed by atoms with E-state index in [9.17, 15) is 23.7 Å². The molecule has 4 heterocycles. The van der Waals surface area contributed by atoms with E-state index in [0.717, 1.165) is 67.1 Å². The largest absolute Gasteiger partial charge is 0.494 e. The van der Waals surface area contributed by atoms with Crippen LogP contribution in [0.5, 0.6) is 5.75 Å². The number of anilines is 5. The Morgan fingerprint density at radius 2 is 1.64 bits per heavy atom. The first-order valence-electron chi connectivity index (χ1n) is 22.2. The summed E-state index contributed by atoms with van der Waals surface area (Å²) in [7, 11) is -0.936. The van der Waals surface area contributed by atoms with Crippen LogP contribution >= 0.6 is 30.5 Å². The molecule has 64 heavy (non-hydrogen) atoms. The van der Waals surface area contributed by atoms with E-state index >= 15 is 0 Å². The van der Waals surface area contributed by atoms with Crippen molar-refractivity contribution >= 4 is 88.3 Å². The number of methoxy groups -OCH3 is 1. The molecule has 17 heteroatoms. The molecule has 7 rings (SSSR count). The van der Waals surface area contributed by atoms with Crippen LogP contribution in [-0.4, -0.2) is 102 Å². The third kappa shape index (κ3) is 11.8. The van der Waals surface area contributed by atoms with E-state index in [4.69, 9.17) is 16.3 Å². The van der Waals surface area contributed by atoms with Gasteiger partial charge in [0.15, 0.2) is 5.82 Å². The van der Waals surface area contributed by atoms with E-state index in [1.54, 1.807) is 37.1 Å². The number of thioether (sulfide) groups is 1. The van der Waals surface area contributed by atoms with Gasteiger partial charge in [-0.25, -0.2) is 4.98 Å². The Labute approximate surface area is 385 Å². The Morgan fingerprint density at radius 1 is 0.906 bits per heavy atom. The number of piperidine rings is 1. The van der Waals surface area contributed by atoms with Crippen molar-refractivity contribution in [2.24, 2.45) is 0 Å². The second kappa shape index (κ2) is 21.7. The van der Waals surface area contributed by atoms with Gasteiger partial charge >= 0.3 is 0 Å². The van der Waals surface area contributed by atoms with E-state index in [2.05, 4.69) is 36.9 Å². The van der Waals surface area contributed by atoms with Gasteiger partial charge in [-0.1, -0.05) is 68.3 Å². The number of amides is 4. The van der Waals surface area contributed by atoms with Crippen molar-refractivity contribution in [1.29, 1.82) is 0 Å². The molecule has 3 aromatic carbocycles. The van der Waals surface area contributed by atoms with E-state index in [1.165, 1.54) is 25.5 Å². The van der Waals surface area contributed by atoms with Gasteiger partial charge in [-0.2, -0.15) is 4.98 Å². The third-order valence-electron chi connectivity index (χ3n) is 12.0. The number of carbonyl (C=O) groups is 4. The van der Waals surface area contributed by atoms with Crippen LogP contribution in [-0.2, 0) is 25.5 Å². The molecule has 2 saturated heterocycles. The van der Waals surface area contributed by atoms with Crippen LogP contribution < -0.4 is 30.9 Å². The standard InChI is InChI=1S/C47H58ClN8O6PS/c1-62-39-29-32(20-21-36(39)51-47-49-30-35(48)44(53-47)50-37-16-11-12-17-40(37)63(2,3)61)54-24-26-55(27-25-54)43(58)19-10-8-6-4-5-7-9-13-28-64-41-18-14-15-33-34(41)31-56(46(33)60)38-22-23-42(57)52-45(38)59/h11-12,14-18,20-21,29-30,38H,4-10,13,19,22-28,31H2,1-3H3,(H,52,57,59)(H2,49,50,51,53). The van der Waals surface area contributed by atoms with Gasteiger partial charge in [-0.3, -0.25) is 24.5 Å². The summed E-state index contributed by atoms with van der Waals surface area (Å²) in [4.78, 5) is 66.2. The monoisotopic (exact) mass is 928 g/mol. The molecule has 4 amide bonds. The van der Waals surface area contributed by atoms with Crippen molar-refractivity contribution in [2.45, 2.75) is 88.1 Å². The highest BCUT2D eigenvalue weighted by molar-refractivity contribution is 7.99. The molecule has 0 bridgehead atoms. The van der Waals surface area contributed by atoms with Gasteiger partial charge in [0.1, 0.15) is 24.0 Å². The molecule has 3 aliphatic rings. The first-order chi connectivity index (χ1) is 30.9. The summed E-state index contributed by atoms with van der Waals surface area (Å²) >= 11 is 8.24. The number of fused-ring (bicyclic) bond motifs is 1. The summed E-state index contributed by atoms with van der Waals surface area (Å²) in [6, 6.07) is 18.5. The number of ether oxygens (including phenoxy) is 1. The smallest absolute Gasteiger partial charge is 0.255 e. The zero-order chi connectivity index (χ0) is 45.2. The number of benzene rings is 3. The highest BCUT2D eigenvalue weighted by Gasteiger charge is 2.40. The van der Waals surface area contributed by atoms with Crippen LogP contribution in [0.4, 0.5) is 28.8 Å². The Bertz CT molecular complexity index is 2390. The van der Waals surface area contributed by atoms with Crippen LogP contribution in [0.25, 0.3) is 0 Å². The van der Waals surface area contributed by atoms with E-state index in [-0.39, 0.29) is 30.0 Å². The van der Waals surface area contributed by atoms with Crippen LogP contribution in [0.1, 0.15) is 86.6 Å². The molecule has 0 aliphatic carbocycles. The molecule has 0 saturated carbocycles. The van der Waals surface area contributed by atoms with E-state index in [1.807, 2.05) is 59.5 Å². The summed E-state index contributed by atoms with van der Waals surface area (Å²) in [5, 5.41) is 9.88. The highest BCUT2D eigenvalue weighted by atomic mass is 35.5. The van der Waals surface area contributed by atoms with Crippen molar-refractivity contribution in [3.8, 4) is 5.75 Å². The Balaban J connectivity index is 0.766. The average Bonchev–Trinajstić information content (AvgIpc) is 3.62. The maximum Gasteiger partial charge on any atom is 0.255 e. The first kappa shape index (κ1) is 46.9. The number of carbonyl (C=O) groups excluding carboxylic acids is 4. The maximum absolute atomic E-state index is 13.1. The number of halogens is 1. The molecule has 14 nitrogen and oxygen atoms in total. The zero-order valence-corrected chi connectivity index (χ0v) is 39.3. The number of hydrogen-bond donors (Lipinski definition) is 3. The maximum atomic E-state index is 13.1. The van der Waals surface area contributed by atoms with Gasteiger partial charge in [0.25, 0.3) is 5.91 Å². The van der Waals surface area contributed by atoms with Crippen molar-refractivity contribution in [3.05, 3.63) is 83.0 Å². The topological polar surface area (TPSA) is 166 Å². The summed E-state index contributed by atoms with van der Waals surface area (Å²) in [5.74, 6) is 1.74. The lowest BCUT2D eigenvalue weighted by atomic mass is 10.0. The van der Waals surface area contributed by atoms with Crippen LogP contribution in [0.15, 0.2) is 71.8 Å². The summed E-state index contributed by atoms with van der Waals surface area (Å²) < 4.78 is 18.7. The SMILES string of the molecule is COc1cc(N2CCN(C(=O)CCCCCCCCCCSc3cccc4c3CN(C3CCC(=O)NC3=O)C4=O)CC2)ccc1Nc1ncc(Cl)c(Nc2ccccc2P(C)(C)=O)n1. The molecule has 1 unspecified atom stereocenters. The second-order valence-electron chi connectivity index (χ2n) is 16.9. The van der Waals surface area contributed by atoms with Crippen LogP contribution in [0.2, 0.25) is 5.02 Å². The predicted molar refractivity (Wildman–Crippen MR) is 256 cm³/mol. The van der Waals surface area contributed by atoms with Crippen molar-refractivity contribution in [2.75, 3.05) is 67.9 Å². The molecule has 3 aliphatic heterocycles. The second-order valence-corrected chi connectivity index (χ2v) is 21.6. The molecule has 3 N–H and O–H groups in total. The van der Waals surface area contributed by atoms with Crippen molar-refractivity contribution in [1.82, 2.24) is 25.1 Å². The van der Waals surface area contributed by atoms with Gasteiger partial charge in [0.2, 0.25) is 23.7 Å². The Morgan fingerprint density at radius 3 is 2.38 bits per heavy atom. The minimum Gasteiger partial charge on any atom is -0.494 e. The molecule has 0 radical (unpaired) electrons. The highest BCUT2D eigenvalue weighted by Crippen LogP contribution is 2.39. The van der Waals surface area contributed by atoms with Gasteiger partial charge in [-0.05, 0) is 80.3 Å². The van der Waals surface area contributed by atoms with E-state index in [0.29, 0.717) is 77.3 Å². The van der Waals surface area contributed by atoms with Gasteiger partial charge < -0.3 is 34.6 Å². The number of aromatic nitrogens is 2. The molecule has 1 atom stereocenters. The van der Waals surface area contributed by atoms with Gasteiger partial charge in [-0.15, -0.1) is 11.8 Å². The molecule has 0 spiro atoms. The van der Waals surface area contributed by atoms with E-state index < -0.39 is 13.2 Å². The van der Waals surface area contributed by atoms with Gasteiger partial charge in [0, 0.05) is 73.1 Å². The molecular weight excluding hydrogens is 871 g/mol. The number of rotatable bonds is 20.